The molecule has 0 saturated carbocycles. The van der Waals surface area contributed by atoms with Crippen molar-refractivity contribution in [1.29, 1.82) is 0 Å². The van der Waals surface area contributed by atoms with E-state index in [2.05, 4.69) is 38.0 Å². The number of nitrogens with one attached hydrogen (secondary N) is 1. The highest BCUT2D eigenvalue weighted by Crippen LogP contribution is 2.18. The molecule has 0 amide bonds. The molecule has 0 saturated heterocycles. The normalized spacial score (nSPS) is 13.1. The molecule has 0 aliphatic rings. The molecule has 1 N–H and O–H groups in total. The quantitative estimate of drug-likeness (QED) is 0.811. The zero-order valence-electron chi connectivity index (χ0n) is 9.55. The van der Waals surface area contributed by atoms with Crippen LogP contribution in [0, 0.1) is 13.8 Å². The third kappa shape index (κ3) is 3.07. The molecule has 0 aliphatic heterocycles. The van der Waals surface area contributed by atoms with Gasteiger partial charge in [0, 0.05) is 17.3 Å². The molecule has 1 unspecified atom stereocenters. The van der Waals surface area contributed by atoms with Crippen LogP contribution >= 0.6 is 11.3 Å². The lowest BCUT2D eigenvalue weighted by Crippen LogP contribution is -2.30. The minimum absolute atomic E-state index is 0.588. The van der Waals surface area contributed by atoms with Gasteiger partial charge in [0.2, 0.25) is 0 Å². The molecule has 1 aromatic rings. The van der Waals surface area contributed by atoms with Crippen molar-refractivity contribution in [2.75, 3.05) is 6.54 Å². The van der Waals surface area contributed by atoms with Crippen LogP contribution in [0.4, 0.5) is 0 Å². The van der Waals surface area contributed by atoms with Crippen molar-refractivity contribution in [2.45, 2.75) is 46.6 Å². The number of hydrogen-bond acceptors (Lipinski definition) is 3. The van der Waals surface area contributed by atoms with Gasteiger partial charge < -0.3 is 5.32 Å². The molecule has 1 heterocycles. The van der Waals surface area contributed by atoms with E-state index in [0.29, 0.717) is 6.04 Å². The smallest absolute Gasteiger partial charge is 0.0946 e. The first-order valence-corrected chi connectivity index (χ1v) is 6.15. The van der Waals surface area contributed by atoms with Gasteiger partial charge in [-0.05, 0) is 26.8 Å². The Balaban J connectivity index is 2.57. The van der Waals surface area contributed by atoms with Gasteiger partial charge in [0.05, 0.1) is 10.7 Å². The van der Waals surface area contributed by atoms with Crippen molar-refractivity contribution >= 4 is 11.3 Å². The molecule has 1 atom stereocenters. The average molecular weight is 212 g/mol. The summed E-state index contributed by atoms with van der Waals surface area (Å²) < 4.78 is 0. The Bertz CT molecular complexity index is 261. The van der Waals surface area contributed by atoms with Gasteiger partial charge in [0.25, 0.3) is 0 Å². The van der Waals surface area contributed by atoms with Crippen LogP contribution in [0.2, 0.25) is 0 Å². The number of likely N-dealkylation sites (N-methyl/N-ethyl adjacent to an activating group) is 1. The van der Waals surface area contributed by atoms with Crippen molar-refractivity contribution in [1.82, 2.24) is 10.3 Å². The molecule has 1 aromatic heterocycles. The standard InChI is InChI=1S/C11H20N2S/c1-5-10(12-6-2)7-11-13-8(3)9(4)14-11/h10,12H,5-7H2,1-4H3. The van der Waals surface area contributed by atoms with E-state index in [9.17, 15) is 0 Å². The van der Waals surface area contributed by atoms with Crippen LogP contribution < -0.4 is 5.32 Å². The minimum atomic E-state index is 0.588. The summed E-state index contributed by atoms with van der Waals surface area (Å²) in [6, 6.07) is 0.588. The van der Waals surface area contributed by atoms with Crippen molar-refractivity contribution < 1.29 is 0 Å². The summed E-state index contributed by atoms with van der Waals surface area (Å²) in [4.78, 5) is 5.91. The summed E-state index contributed by atoms with van der Waals surface area (Å²) in [7, 11) is 0. The monoisotopic (exact) mass is 212 g/mol. The Morgan fingerprint density at radius 1 is 1.36 bits per heavy atom. The summed E-state index contributed by atoms with van der Waals surface area (Å²) in [5, 5.41) is 4.75. The summed E-state index contributed by atoms with van der Waals surface area (Å²) in [6.07, 6.45) is 2.25. The van der Waals surface area contributed by atoms with Crippen molar-refractivity contribution in [3.8, 4) is 0 Å². The van der Waals surface area contributed by atoms with Crippen LogP contribution in [0.15, 0.2) is 0 Å². The Hall–Kier alpha value is -0.410. The maximum Gasteiger partial charge on any atom is 0.0946 e. The molecule has 0 aromatic carbocycles. The molecule has 0 fully saturated rings. The van der Waals surface area contributed by atoms with Crippen LogP contribution in [0.25, 0.3) is 0 Å². The van der Waals surface area contributed by atoms with E-state index in [0.717, 1.165) is 13.0 Å². The molecule has 3 heteroatoms. The van der Waals surface area contributed by atoms with Gasteiger partial charge in [-0.15, -0.1) is 11.3 Å². The van der Waals surface area contributed by atoms with E-state index in [-0.39, 0.29) is 0 Å². The summed E-state index contributed by atoms with van der Waals surface area (Å²) in [6.45, 7) is 9.65. The van der Waals surface area contributed by atoms with Crippen LogP contribution in [0.1, 0.15) is 35.8 Å². The second kappa shape index (κ2) is 5.47. The molecule has 0 bridgehead atoms. The second-order valence-electron chi connectivity index (χ2n) is 3.62. The summed E-state index contributed by atoms with van der Waals surface area (Å²) >= 11 is 1.83. The van der Waals surface area contributed by atoms with Gasteiger partial charge in [-0.2, -0.15) is 0 Å². The van der Waals surface area contributed by atoms with Crippen LogP contribution in [0.3, 0.4) is 0 Å². The minimum Gasteiger partial charge on any atom is -0.314 e. The molecule has 0 spiro atoms. The Morgan fingerprint density at radius 3 is 2.50 bits per heavy atom. The number of hydrogen-bond donors (Lipinski definition) is 1. The fraction of sp³-hybridized carbons (Fsp3) is 0.727. The molecular weight excluding hydrogens is 192 g/mol. The predicted molar refractivity (Wildman–Crippen MR) is 63.0 cm³/mol. The Kier molecular flexibility index (Phi) is 4.55. The highest BCUT2D eigenvalue weighted by molar-refractivity contribution is 7.11. The molecule has 14 heavy (non-hydrogen) atoms. The number of aromatic nitrogens is 1. The highest BCUT2D eigenvalue weighted by atomic mass is 32.1. The van der Waals surface area contributed by atoms with Gasteiger partial charge in [0.1, 0.15) is 0 Å². The fourth-order valence-corrected chi connectivity index (χ4v) is 2.50. The largest absolute Gasteiger partial charge is 0.314 e. The first-order valence-electron chi connectivity index (χ1n) is 5.33. The van der Waals surface area contributed by atoms with E-state index in [1.807, 2.05) is 11.3 Å². The lowest BCUT2D eigenvalue weighted by Gasteiger charge is -2.13. The number of rotatable bonds is 5. The third-order valence-electron chi connectivity index (χ3n) is 2.48. The van der Waals surface area contributed by atoms with Gasteiger partial charge in [-0.1, -0.05) is 13.8 Å². The second-order valence-corrected chi connectivity index (χ2v) is 4.90. The van der Waals surface area contributed by atoms with Gasteiger partial charge in [-0.25, -0.2) is 4.98 Å². The first kappa shape index (κ1) is 11.7. The molecule has 1 rings (SSSR count). The van der Waals surface area contributed by atoms with Gasteiger partial charge in [0.15, 0.2) is 0 Å². The number of thiazole rings is 1. The molecule has 80 valence electrons. The van der Waals surface area contributed by atoms with Gasteiger partial charge >= 0.3 is 0 Å². The Morgan fingerprint density at radius 2 is 2.07 bits per heavy atom. The number of nitrogens with zero attached hydrogens (tertiary/aromatic N) is 1. The van der Waals surface area contributed by atoms with Crippen molar-refractivity contribution in [3.63, 3.8) is 0 Å². The maximum absolute atomic E-state index is 4.56. The molecule has 0 radical (unpaired) electrons. The first-order chi connectivity index (χ1) is 6.67. The summed E-state index contributed by atoms with van der Waals surface area (Å²) in [5.74, 6) is 0. The lowest BCUT2D eigenvalue weighted by atomic mass is 10.1. The molecular formula is C11H20N2S. The average Bonchev–Trinajstić information content (AvgIpc) is 2.45. The maximum atomic E-state index is 4.56. The zero-order valence-corrected chi connectivity index (χ0v) is 10.4. The van der Waals surface area contributed by atoms with Gasteiger partial charge in [-0.3, -0.25) is 0 Å². The molecule has 2 nitrogen and oxygen atoms in total. The van der Waals surface area contributed by atoms with Crippen molar-refractivity contribution in [3.05, 3.63) is 15.6 Å². The van der Waals surface area contributed by atoms with Crippen LogP contribution in [-0.4, -0.2) is 17.6 Å². The fourth-order valence-electron chi connectivity index (χ4n) is 1.49. The zero-order chi connectivity index (χ0) is 10.6. The van der Waals surface area contributed by atoms with Crippen LogP contribution in [0.5, 0.6) is 0 Å². The molecule has 0 aliphatic carbocycles. The van der Waals surface area contributed by atoms with E-state index < -0.39 is 0 Å². The summed E-state index contributed by atoms with van der Waals surface area (Å²) in [5.41, 5.74) is 1.19. The highest BCUT2D eigenvalue weighted by Gasteiger charge is 2.09. The predicted octanol–water partition coefficient (Wildman–Crippen LogP) is 2.69. The van der Waals surface area contributed by atoms with Crippen LogP contribution in [-0.2, 0) is 6.42 Å². The van der Waals surface area contributed by atoms with E-state index in [1.165, 1.54) is 22.0 Å². The van der Waals surface area contributed by atoms with E-state index in [4.69, 9.17) is 0 Å². The van der Waals surface area contributed by atoms with Crippen molar-refractivity contribution in [2.24, 2.45) is 0 Å². The third-order valence-corrected chi connectivity index (χ3v) is 3.57. The Labute approximate surface area is 90.8 Å². The SMILES string of the molecule is CCNC(CC)Cc1nc(C)c(C)s1. The van der Waals surface area contributed by atoms with E-state index in [1.54, 1.807) is 0 Å². The lowest BCUT2D eigenvalue weighted by molar-refractivity contribution is 0.509. The topological polar surface area (TPSA) is 24.9 Å². The van der Waals surface area contributed by atoms with E-state index >= 15 is 0 Å². The number of aryl methyl sites for hydroxylation is 2.